The van der Waals surface area contributed by atoms with Gasteiger partial charge >= 0.3 is 6.09 Å². The standard InChI is InChI=1S/C14H19FN2O3/c1-14(2,3)20-13(19)17-11-7-9(5-6-10(11)15)12(18)8-16-4/h5-7,16H,8H2,1-4H3,(H,17,19). The van der Waals surface area contributed by atoms with Crippen LogP contribution in [0.5, 0.6) is 0 Å². The fourth-order valence-corrected chi connectivity index (χ4v) is 1.47. The van der Waals surface area contributed by atoms with E-state index in [1.807, 2.05) is 0 Å². The Hall–Kier alpha value is -1.95. The van der Waals surface area contributed by atoms with Gasteiger partial charge in [0.05, 0.1) is 12.2 Å². The van der Waals surface area contributed by atoms with Crippen LogP contribution in [0, 0.1) is 5.82 Å². The third-order valence-electron chi connectivity index (χ3n) is 2.26. The number of amides is 1. The smallest absolute Gasteiger partial charge is 0.412 e. The number of ketones is 1. The van der Waals surface area contributed by atoms with E-state index in [-0.39, 0.29) is 18.0 Å². The predicted molar refractivity (Wildman–Crippen MR) is 74.5 cm³/mol. The highest BCUT2D eigenvalue weighted by Crippen LogP contribution is 2.18. The molecule has 6 heteroatoms. The molecule has 2 N–H and O–H groups in total. The van der Waals surface area contributed by atoms with Crippen molar-refractivity contribution in [3.8, 4) is 0 Å². The normalized spacial score (nSPS) is 11.1. The molecule has 110 valence electrons. The summed E-state index contributed by atoms with van der Waals surface area (Å²) in [4.78, 5) is 23.3. The molecule has 0 aliphatic heterocycles. The van der Waals surface area contributed by atoms with Crippen LogP contribution < -0.4 is 10.6 Å². The summed E-state index contributed by atoms with van der Waals surface area (Å²) < 4.78 is 18.6. The number of carbonyl (C=O) groups excluding carboxylic acids is 2. The number of hydrogen-bond acceptors (Lipinski definition) is 4. The number of nitrogens with one attached hydrogen (secondary N) is 2. The SMILES string of the molecule is CNCC(=O)c1ccc(F)c(NC(=O)OC(C)(C)C)c1. The molecule has 0 unspecified atom stereocenters. The zero-order chi connectivity index (χ0) is 15.3. The lowest BCUT2D eigenvalue weighted by Gasteiger charge is -2.20. The van der Waals surface area contributed by atoms with E-state index in [2.05, 4.69) is 10.6 Å². The monoisotopic (exact) mass is 282 g/mol. The average Bonchev–Trinajstić information content (AvgIpc) is 2.29. The van der Waals surface area contributed by atoms with E-state index >= 15 is 0 Å². The van der Waals surface area contributed by atoms with E-state index in [1.165, 1.54) is 12.1 Å². The highest BCUT2D eigenvalue weighted by molar-refractivity contribution is 5.99. The molecule has 0 saturated carbocycles. The van der Waals surface area contributed by atoms with Crippen molar-refractivity contribution in [3.05, 3.63) is 29.6 Å². The quantitative estimate of drug-likeness (QED) is 0.833. The van der Waals surface area contributed by atoms with Crippen molar-refractivity contribution in [3.63, 3.8) is 0 Å². The Morgan fingerprint density at radius 3 is 2.50 bits per heavy atom. The van der Waals surface area contributed by atoms with E-state index in [9.17, 15) is 14.0 Å². The molecule has 0 aliphatic carbocycles. The number of likely N-dealkylation sites (N-methyl/N-ethyl adjacent to an activating group) is 1. The van der Waals surface area contributed by atoms with Gasteiger partial charge in [0.25, 0.3) is 0 Å². The Balaban J connectivity index is 2.87. The van der Waals surface area contributed by atoms with Crippen molar-refractivity contribution >= 4 is 17.6 Å². The fourth-order valence-electron chi connectivity index (χ4n) is 1.47. The molecule has 0 spiro atoms. The summed E-state index contributed by atoms with van der Waals surface area (Å²) in [6.45, 7) is 5.25. The first-order chi connectivity index (χ1) is 9.23. The van der Waals surface area contributed by atoms with Gasteiger partial charge in [-0.3, -0.25) is 10.1 Å². The summed E-state index contributed by atoms with van der Waals surface area (Å²) >= 11 is 0. The van der Waals surface area contributed by atoms with Gasteiger partial charge in [-0.2, -0.15) is 0 Å². The topological polar surface area (TPSA) is 67.4 Å². The van der Waals surface area contributed by atoms with Crippen LogP contribution in [0.25, 0.3) is 0 Å². The molecular weight excluding hydrogens is 263 g/mol. The molecule has 1 aromatic carbocycles. The summed E-state index contributed by atoms with van der Waals surface area (Å²) in [5.41, 5.74) is -0.451. The molecule has 1 aromatic rings. The molecule has 0 atom stereocenters. The first-order valence-corrected chi connectivity index (χ1v) is 6.20. The van der Waals surface area contributed by atoms with Gasteiger partial charge in [0, 0.05) is 5.56 Å². The number of hydrogen-bond donors (Lipinski definition) is 2. The third kappa shape index (κ3) is 4.97. The van der Waals surface area contributed by atoms with Gasteiger partial charge in [-0.05, 0) is 46.0 Å². The summed E-state index contributed by atoms with van der Waals surface area (Å²) in [5.74, 6) is -0.823. The second kappa shape index (κ2) is 6.47. The summed E-state index contributed by atoms with van der Waals surface area (Å²) in [6, 6.07) is 3.80. The third-order valence-corrected chi connectivity index (χ3v) is 2.26. The van der Waals surface area contributed by atoms with Crippen molar-refractivity contribution in [1.29, 1.82) is 0 Å². The second-order valence-corrected chi connectivity index (χ2v) is 5.28. The van der Waals surface area contributed by atoms with Crippen LogP contribution in [0.4, 0.5) is 14.9 Å². The van der Waals surface area contributed by atoms with Crippen molar-refractivity contribution in [1.82, 2.24) is 5.32 Å². The minimum atomic E-state index is -0.769. The molecule has 5 nitrogen and oxygen atoms in total. The Morgan fingerprint density at radius 1 is 1.30 bits per heavy atom. The second-order valence-electron chi connectivity index (χ2n) is 5.28. The minimum Gasteiger partial charge on any atom is -0.444 e. The predicted octanol–water partition coefficient (Wildman–Crippen LogP) is 2.57. The van der Waals surface area contributed by atoms with Crippen LogP contribution in [0.2, 0.25) is 0 Å². The van der Waals surface area contributed by atoms with E-state index in [0.29, 0.717) is 5.56 Å². The molecule has 1 rings (SSSR count). The van der Waals surface area contributed by atoms with Crippen molar-refractivity contribution < 1.29 is 18.7 Å². The van der Waals surface area contributed by atoms with Crippen LogP contribution >= 0.6 is 0 Å². The number of carbonyl (C=O) groups is 2. The van der Waals surface area contributed by atoms with E-state index in [1.54, 1.807) is 27.8 Å². The maximum absolute atomic E-state index is 13.6. The Labute approximate surface area is 117 Å². The molecule has 1 amide bonds. The van der Waals surface area contributed by atoms with Gasteiger partial charge in [0.1, 0.15) is 11.4 Å². The van der Waals surface area contributed by atoms with Crippen LogP contribution in [-0.4, -0.2) is 31.1 Å². The summed E-state index contributed by atoms with van der Waals surface area (Å²) in [5, 5.41) is 5.01. The highest BCUT2D eigenvalue weighted by atomic mass is 19.1. The van der Waals surface area contributed by atoms with Gasteiger partial charge in [0.2, 0.25) is 0 Å². The molecular formula is C14H19FN2O3. The highest BCUT2D eigenvalue weighted by Gasteiger charge is 2.18. The number of rotatable bonds is 4. The lowest BCUT2D eigenvalue weighted by Crippen LogP contribution is -2.27. The molecule has 0 saturated heterocycles. The maximum atomic E-state index is 13.6. The first-order valence-electron chi connectivity index (χ1n) is 6.20. The summed E-state index contributed by atoms with van der Waals surface area (Å²) in [7, 11) is 1.64. The number of benzene rings is 1. The van der Waals surface area contributed by atoms with Gasteiger partial charge < -0.3 is 10.1 Å². The number of Topliss-reactive ketones (excluding diaryl/α,β-unsaturated/α-hetero) is 1. The van der Waals surface area contributed by atoms with Crippen LogP contribution in [0.3, 0.4) is 0 Å². The van der Waals surface area contributed by atoms with Gasteiger partial charge in [-0.25, -0.2) is 9.18 Å². The van der Waals surface area contributed by atoms with Gasteiger partial charge in [-0.15, -0.1) is 0 Å². The zero-order valence-corrected chi connectivity index (χ0v) is 12.0. The molecule has 0 aliphatic rings. The molecule has 20 heavy (non-hydrogen) atoms. The largest absolute Gasteiger partial charge is 0.444 e. The van der Waals surface area contributed by atoms with Gasteiger partial charge in [-0.1, -0.05) is 0 Å². The molecule has 0 aromatic heterocycles. The molecule has 0 radical (unpaired) electrons. The lowest BCUT2D eigenvalue weighted by molar-refractivity contribution is 0.0635. The van der Waals surface area contributed by atoms with Gasteiger partial charge in [0.15, 0.2) is 5.78 Å². The number of anilines is 1. The Morgan fingerprint density at radius 2 is 1.95 bits per heavy atom. The molecule has 0 bridgehead atoms. The number of ether oxygens (including phenoxy) is 1. The maximum Gasteiger partial charge on any atom is 0.412 e. The van der Waals surface area contributed by atoms with Crippen LogP contribution in [-0.2, 0) is 4.74 Å². The van der Waals surface area contributed by atoms with Crippen LogP contribution in [0.15, 0.2) is 18.2 Å². The molecule has 0 fully saturated rings. The number of halogens is 1. The Kier molecular flexibility index (Phi) is 5.21. The van der Waals surface area contributed by atoms with Crippen molar-refractivity contribution in [2.75, 3.05) is 18.9 Å². The fraction of sp³-hybridized carbons (Fsp3) is 0.429. The van der Waals surface area contributed by atoms with E-state index < -0.39 is 17.5 Å². The van der Waals surface area contributed by atoms with E-state index in [4.69, 9.17) is 4.74 Å². The average molecular weight is 282 g/mol. The van der Waals surface area contributed by atoms with E-state index in [0.717, 1.165) is 6.07 Å². The lowest BCUT2D eigenvalue weighted by atomic mass is 10.1. The minimum absolute atomic E-state index is 0.0822. The zero-order valence-electron chi connectivity index (χ0n) is 12.0. The Bertz CT molecular complexity index is 510. The molecule has 0 heterocycles. The van der Waals surface area contributed by atoms with Crippen molar-refractivity contribution in [2.45, 2.75) is 26.4 Å². The first kappa shape index (κ1) is 16.1. The van der Waals surface area contributed by atoms with Crippen LogP contribution in [0.1, 0.15) is 31.1 Å². The van der Waals surface area contributed by atoms with Crippen molar-refractivity contribution in [2.24, 2.45) is 0 Å². The summed E-state index contributed by atoms with van der Waals surface area (Å²) in [6.07, 6.45) is -0.769.